The van der Waals surface area contributed by atoms with Crippen molar-refractivity contribution < 1.29 is 14.2 Å². The van der Waals surface area contributed by atoms with Gasteiger partial charge in [-0.15, -0.1) is 0 Å². The normalized spacial score (nSPS) is 11.7. The van der Waals surface area contributed by atoms with E-state index in [9.17, 15) is 0 Å². The summed E-state index contributed by atoms with van der Waals surface area (Å²) < 4.78 is 17.1. The Morgan fingerprint density at radius 3 is 2.50 bits per heavy atom. The Morgan fingerprint density at radius 1 is 1.05 bits per heavy atom. The molecule has 2 rings (SSSR count). The summed E-state index contributed by atoms with van der Waals surface area (Å²) in [4.78, 5) is 4.18. The highest BCUT2D eigenvalue weighted by Crippen LogP contribution is 2.27. The zero-order valence-electron chi connectivity index (χ0n) is 13.0. The van der Waals surface area contributed by atoms with E-state index >= 15 is 0 Å². The molecule has 0 saturated carbocycles. The van der Waals surface area contributed by atoms with Crippen LogP contribution in [0.4, 0.5) is 0 Å². The van der Waals surface area contributed by atoms with Gasteiger partial charge in [0.05, 0.1) is 7.11 Å². The minimum atomic E-state index is -0.440. The second-order valence-electron chi connectivity index (χ2n) is 4.63. The molecule has 2 aromatic rings. The lowest BCUT2D eigenvalue weighted by molar-refractivity contribution is -0.00505. The molecule has 0 amide bonds. The second-order valence-corrected chi connectivity index (χ2v) is 4.63. The molecular formula is C17H22N2O3. The molecule has 22 heavy (non-hydrogen) atoms. The van der Waals surface area contributed by atoms with Crippen molar-refractivity contribution in [3.63, 3.8) is 0 Å². The van der Waals surface area contributed by atoms with Crippen LogP contribution < -0.4 is 19.5 Å². The van der Waals surface area contributed by atoms with Crippen molar-refractivity contribution in [3.8, 4) is 17.4 Å². The van der Waals surface area contributed by atoms with Crippen LogP contribution in [0.1, 0.15) is 13.3 Å². The summed E-state index contributed by atoms with van der Waals surface area (Å²) in [5.74, 6) is 1.88. The largest absolute Gasteiger partial charge is 0.493 e. The minimum Gasteiger partial charge on any atom is -0.493 e. The number of benzene rings is 1. The van der Waals surface area contributed by atoms with Gasteiger partial charge in [0, 0.05) is 25.2 Å². The van der Waals surface area contributed by atoms with E-state index in [-0.39, 0.29) is 0 Å². The molecule has 1 aromatic carbocycles. The molecule has 0 aliphatic rings. The number of hydrogen-bond acceptors (Lipinski definition) is 5. The monoisotopic (exact) mass is 302 g/mol. The van der Waals surface area contributed by atoms with E-state index in [1.54, 1.807) is 13.3 Å². The highest BCUT2D eigenvalue weighted by Gasteiger charge is 2.15. The van der Waals surface area contributed by atoms with Crippen LogP contribution in [0, 0.1) is 0 Å². The third-order valence-corrected chi connectivity index (χ3v) is 3.02. The van der Waals surface area contributed by atoms with Crippen LogP contribution in [0.3, 0.4) is 0 Å². The van der Waals surface area contributed by atoms with Crippen LogP contribution in [0.5, 0.6) is 17.4 Å². The van der Waals surface area contributed by atoms with E-state index in [1.807, 2.05) is 42.5 Å². The van der Waals surface area contributed by atoms with E-state index in [4.69, 9.17) is 14.2 Å². The Morgan fingerprint density at radius 2 is 1.82 bits per heavy atom. The van der Waals surface area contributed by atoms with Crippen LogP contribution in [0.2, 0.25) is 0 Å². The molecule has 1 aromatic heterocycles. The van der Waals surface area contributed by atoms with E-state index in [2.05, 4.69) is 17.2 Å². The number of ether oxygens (including phenoxy) is 3. The van der Waals surface area contributed by atoms with Gasteiger partial charge in [0.1, 0.15) is 0 Å². The molecule has 1 heterocycles. The van der Waals surface area contributed by atoms with Crippen LogP contribution in [0.25, 0.3) is 0 Å². The van der Waals surface area contributed by atoms with Crippen molar-refractivity contribution in [2.24, 2.45) is 0 Å². The third kappa shape index (κ3) is 4.93. The van der Waals surface area contributed by atoms with Gasteiger partial charge in [-0.1, -0.05) is 25.1 Å². The van der Waals surface area contributed by atoms with Crippen LogP contribution in [-0.2, 0) is 0 Å². The van der Waals surface area contributed by atoms with Gasteiger partial charge in [-0.25, -0.2) is 4.98 Å². The Kier molecular flexibility index (Phi) is 6.51. The number of aromatic nitrogens is 1. The molecule has 5 heteroatoms. The Bertz CT molecular complexity index is 549. The quantitative estimate of drug-likeness (QED) is 0.570. The number of para-hydroxylation sites is 2. The van der Waals surface area contributed by atoms with Crippen molar-refractivity contribution in [1.29, 1.82) is 0 Å². The molecule has 0 radical (unpaired) electrons. The maximum atomic E-state index is 5.96. The van der Waals surface area contributed by atoms with E-state index in [1.165, 1.54) is 0 Å². The van der Waals surface area contributed by atoms with Gasteiger partial charge < -0.3 is 19.5 Å². The summed E-state index contributed by atoms with van der Waals surface area (Å²) >= 11 is 0. The standard InChI is InChI=1S/C17H22N2O3/c1-3-18-13-11-17(22-16-10-6-7-12-19-16)21-15-9-5-4-8-14(15)20-2/h4-10,12,17-18H,3,11,13H2,1-2H3. The molecule has 0 saturated heterocycles. The van der Waals surface area contributed by atoms with Gasteiger partial charge in [-0.3, -0.25) is 0 Å². The summed E-state index contributed by atoms with van der Waals surface area (Å²) in [7, 11) is 1.62. The molecule has 0 aliphatic carbocycles. The van der Waals surface area contributed by atoms with Gasteiger partial charge in [-0.05, 0) is 24.7 Å². The molecular weight excluding hydrogens is 280 g/mol. The first-order valence-electron chi connectivity index (χ1n) is 7.41. The van der Waals surface area contributed by atoms with Gasteiger partial charge in [0.25, 0.3) is 0 Å². The van der Waals surface area contributed by atoms with Crippen LogP contribution >= 0.6 is 0 Å². The fourth-order valence-electron chi connectivity index (χ4n) is 1.95. The van der Waals surface area contributed by atoms with Gasteiger partial charge >= 0.3 is 0 Å². The Balaban J connectivity index is 2.06. The maximum Gasteiger partial charge on any atom is 0.244 e. The SMILES string of the molecule is CCNCCC(Oc1ccccn1)Oc1ccccc1OC. The Hall–Kier alpha value is -2.27. The van der Waals surface area contributed by atoms with Crippen LogP contribution in [0.15, 0.2) is 48.7 Å². The molecule has 0 bridgehead atoms. The highest BCUT2D eigenvalue weighted by atomic mass is 16.7. The predicted molar refractivity (Wildman–Crippen MR) is 85.4 cm³/mol. The van der Waals surface area contributed by atoms with E-state index in [0.29, 0.717) is 23.8 Å². The lowest BCUT2D eigenvalue weighted by Crippen LogP contribution is -2.29. The van der Waals surface area contributed by atoms with E-state index < -0.39 is 6.29 Å². The van der Waals surface area contributed by atoms with Crippen LogP contribution in [-0.4, -0.2) is 31.5 Å². The molecule has 0 aliphatic heterocycles. The van der Waals surface area contributed by atoms with Crippen molar-refractivity contribution in [1.82, 2.24) is 10.3 Å². The Labute approximate surface area is 131 Å². The molecule has 0 fully saturated rings. The van der Waals surface area contributed by atoms with Crippen molar-refractivity contribution >= 4 is 0 Å². The predicted octanol–water partition coefficient (Wildman–Crippen LogP) is 2.87. The summed E-state index contributed by atoms with van der Waals surface area (Å²) in [6.07, 6.45) is 1.95. The number of pyridine rings is 1. The third-order valence-electron chi connectivity index (χ3n) is 3.02. The first-order valence-corrected chi connectivity index (χ1v) is 7.41. The summed E-state index contributed by atoms with van der Waals surface area (Å²) in [5.41, 5.74) is 0. The molecule has 1 unspecified atom stereocenters. The summed E-state index contributed by atoms with van der Waals surface area (Å²) in [6, 6.07) is 13.1. The second kappa shape index (κ2) is 8.89. The number of rotatable bonds is 9. The number of nitrogens with zero attached hydrogens (tertiary/aromatic N) is 1. The fourth-order valence-corrected chi connectivity index (χ4v) is 1.95. The molecule has 1 N–H and O–H groups in total. The first-order chi connectivity index (χ1) is 10.8. The molecule has 0 spiro atoms. The number of hydrogen-bond donors (Lipinski definition) is 1. The van der Waals surface area contributed by atoms with Gasteiger partial charge in [0.2, 0.25) is 12.2 Å². The molecule has 5 nitrogen and oxygen atoms in total. The maximum absolute atomic E-state index is 5.96. The smallest absolute Gasteiger partial charge is 0.244 e. The first kappa shape index (κ1) is 16.1. The lowest BCUT2D eigenvalue weighted by Gasteiger charge is -2.21. The van der Waals surface area contributed by atoms with Gasteiger partial charge in [0.15, 0.2) is 11.5 Å². The zero-order valence-corrected chi connectivity index (χ0v) is 13.0. The number of methoxy groups -OCH3 is 1. The minimum absolute atomic E-state index is 0.440. The van der Waals surface area contributed by atoms with Crippen molar-refractivity contribution in [3.05, 3.63) is 48.7 Å². The summed E-state index contributed by atoms with van der Waals surface area (Å²) in [5, 5.41) is 3.27. The number of nitrogens with one attached hydrogen (secondary N) is 1. The topological polar surface area (TPSA) is 52.6 Å². The summed E-state index contributed by atoms with van der Waals surface area (Å²) in [6.45, 7) is 3.77. The average molecular weight is 302 g/mol. The fraction of sp³-hybridized carbons (Fsp3) is 0.353. The van der Waals surface area contributed by atoms with Crippen molar-refractivity contribution in [2.45, 2.75) is 19.6 Å². The average Bonchev–Trinajstić information content (AvgIpc) is 2.56. The lowest BCUT2D eigenvalue weighted by atomic mass is 10.3. The highest BCUT2D eigenvalue weighted by molar-refractivity contribution is 5.39. The zero-order chi connectivity index (χ0) is 15.6. The molecule has 118 valence electrons. The molecule has 1 atom stereocenters. The van der Waals surface area contributed by atoms with Gasteiger partial charge in [-0.2, -0.15) is 0 Å². The van der Waals surface area contributed by atoms with Crippen molar-refractivity contribution in [2.75, 3.05) is 20.2 Å². The van der Waals surface area contributed by atoms with E-state index in [0.717, 1.165) is 13.1 Å².